The second-order valence-electron chi connectivity index (χ2n) is 8.32. The number of carbonyl (C=O) groups is 5. The molecule has 11 nitrogen and oxygen atoms in total. The fourth-order valence-corrected chi connectivity index (χ4v) is 3.30. The minimum absolute atomic E-state index is 0.192. The second-order valence-corrected chi connectivity index (χ2v) is 8.32. The summed E-state index contributed by atoms with van der Waals surface area (Å²) < 4.78 is 0. The Hall–Kier alpha value is -2.69. The van der Waals surface area contributed by atoms with E-state index < -0.39 is 48.2 Å². The number of carboxylic acids is 1. The molecule has 1 aliphatic heterocycles. The quantitative estimate of drug-likeness (QED) is 0.221. The molecule has 0 radical (unpaired) electrons. The molecule has 1 rings (SSSR count). The number of nitrogens with one attached hydrogen (secondary N) is 4. The molecule has 31 heavy (non-hydrogen) atoms. The lowest BCUT2D eigenvalue weighted by Gasteiger charge is -2.29. The third-order valence-electron chi connectivity index (χ3n) is 5.44. The Morgan fingerprint density at radius 2 is 1.65 bits per heavy atom. The largest absolute Gasteiger partial charge is 0.480 e. The van der Waals surface area contributed by atoms with Crippen LogP contribution in [0.25, 0.3) is 0 Å². The van der Waals surface area contributed by atoms with Gasteiger partial charge in [-0.1, -0.05) is 34.1 Å². The van der Waals surface area contributed by atoms with Crippen LogP contribution in [-0.2, 0) is 24.0 Å². The summed E-state index contributed by atoms with van der Waals surface area (Å²) in [7, 11) is 0. The SMILES string of the molecule is CCC(C)C(NC(=O)C1CCCN1)C(=O)NC(C(=O)NC(CC(N)=O)C(=O)O)C(C)C. The van der Waals surface area contributed by atoms with Gasteiger partial charge in [-0.2, -0.15) is 0 Å². The Labute approximate surface area is 182 Å². The van der Waals surface area contributed by atoms with E-state index in [0.717, 1.165) is 13.0 Å². The van der Waals surface area contributed by atoms with Crippen molar-refractivity contribution in [3.63, 3.8) is 0 Å². The van der Waals surface area contributed by atoms with Crippen LogP contribution in [0.2, 0.25) is 0 Å². The molecule has 11 heteroatoms. The minimum Gasteiger partial charge on any atom is -0.480 e. The van der Waals surface area contributed by atoms with Crippen LogP contribution in [0.1, 0.15) is 53.4 Å². The summed E-state index contributed by atoms with van der Waals surface area (Å²) >= 11 is 0. The molecule has 0 aromatic rings. The molecule has 0 aromatic heterocycles. The highest BCUT2D eigenvalue weighted by atomic mass is 16.4. The normalized spacial score (nSPS) is 19.7. The summed E-state index contributed by atoms with van der Waals surface area (Å²) in [6, 6.07) is -3.76. The summed E-state index contributed by atoms with van der Waals surface area (Å²) in [5.41, 5.74) is 5.04. The van der Waals surface area contributed by atoms with E-state index in [9.17, 15) is 29.1 Å². The van der Waals surface area contributed by atoms with Gasteiger partial charge in [0.1, 0.15) is 18.1 Å². The molecule has 1 aliphatic rings. The number of nitrogens with two attached hydrogens (primary N) is 1. The zero-order valence-corrected chi connectivity index (χ0v) is 18.6. The molecule has 5 atom stereocenters. The Bertz CT molecular complexity index is 677. The monoisotopic (exact) mass is 441 g/mol. The van der Waals surface area contributed by atoms with Gasteiger partial charge in [0, 0.05) is 0 Å². The van der Waals surface area contributed by atoms with Gasteiger partial charge >= 0.3 is 5.97 Å². The van der Waals surface area contributed by atoms with Gasteiger partial charge in [-0.05, 0) is 31.2 Å². The zero-order valence-electron chi connectivity index (χ0n) is 18.6. The summed E-state index contributed by atoms with van der Waals surface area (Å²) in [5, 5.41) is 19.9. The molecule has 0 aromatic carbocycles. The molecule has 1 saturated heterocycles. The summed E-state index contributed by atoms with van der Waals surface area (Å²) in [4.78, 5) is 60.6. The van der Waals surface area contributed by atoms with Gasteiger partial charge in [0.05, 0.1) is 12.5 Å². The molecule has 176 valence electrons. The van der Waals surface area contributed by atoms with Crippen molar-refractivity contribution >= 4 is 29.6 Å². The van der Waals surface area contributed by atoms with E-state index in [4.69, 9.17) is 5.73 Å². The van der Waals surface area contributed by atoms with E-state index in [0.29, 0.717) is 12.8 Å². The van der Waals surface area contributed by atoms with E-state index in [1.54, 1.807) is 13.8 Å². The van der Waals surface area contributed by atoms with Crippen molar-refractivity contribution in [3.8, 4) is 0 Å². The maximum Gasteiger partial charge on any atom is 0.326 e. The number of aliphatic carboxylic acids is 1. The van der Waals surface area contributed by atoms with E-state index in [2.05, 4.69) is 21.3 Å². The minimum atomic E-state index is -1.50. The number of primary amides is 1. The average Bonchev–Trinajstić information content (AvgIpc) is 3.22. The van der Waals surface area contributed by atoms with Crippen LogP contribution in [0, 0.1) is 11.8 Å². The highest BCUT2D eigenvalue weighted by molar-refractivity contribution is 5.95. The Kier molecular flexibility index (Phi) is 10.4. The fraction of sp³-hybridized carbons (Fsp3) is 0.750. The van der Waals surface area contributed by atoms with Crippen LogP contribution in [0.4, 0.5) is 0 Å². The first-order valence-electron chi connectivity index (χ1n) is 10.6. The number of carboxylic acid groups (broad SMARTS) is 1. The number of hydrogen-bond donors (Lipinski definition) is 6. The van der Waals surface area contributed by atoms with Gasteiger partial charge in [-0.25, -0.2) is 4.79 Å². The second kappa shape index (κ2) is 12.2. The number of hydrogen-bond acceptors (Lipinski definition) is 6. The lowest BCUT2D eigenvalue weighted by atomic mass is 9.96. The van der Waals surface area contributed by atoms with Crippen molar-refractivity contribution in [3.05, 3.63) is 0 Å². The van der Waals surface area contributed by atoms with Crippen molar-refractivity contribution in [2.75, 3.05) is 6.54 Å². The van der Waals surface area contributed by atoms with Crippen molar-refractivity contribution < 1.29 is 29.1 Å². The van der Waals surface area contributed by atoms with Crippen molar-refractivity contribution in [1.82, 2.24) is 21.3 Å². The maximum absolute atomic E-state index is 13.0. The molecule has 4 amide bonds. The van der Waals surface area contributed by atoms with Gasteiger partial charge < -0.3 is 32.1 Å². The predicted molar refractivity (Wildman–Crippen MR) is 113 cm³/mol. The van der Waals surface area contributed by atoms with E-state index >= 15 is 0 Å². The van der Waals surface area contributed by atoms with Crippen LogP contribution >= 0.6 is 0 Å². The molecule has 0 bridgehead atoms. The molecule has 7 N–H and O–H groups in total. The lowest BCUT2D eigenvalue weighted by molar-refractivity contribution is -0.144. The van der Waals surface area contributed by atoms with Crippen molar-refractivity contribution in [2.45, 2.75) is 77.5 Å². The molecule has 1 fully saturated rings. The lowest BCUT2D eigenvalue weighted by Crippen LogP contribution is -2.59. The first-order valence-corrected chi connectivity index (χ1v) is 10.6. The standard InChI is InChI=1S/C20H35N5O6/c1-5-11(4)16(25-17(27)12-7-6-8-22-12)19(29)24-15(10(2)3)18(28)23-13(20(30)31)9-14(21)26/h10-13,15-16,22H,5-9H2,1-4H3,(H2,21,26)(H,23,28)(H,24,29)(H,25,27)(H,30,31). The van der Waals surface area contributed by atoms with Crippen molar-refractivity contribution in [2.24, 2.45) is 17.6 Å². The highest BCUT2D eigenvalue weighted by Gasteiger charge is 2.34. The average molecular weight is 442 g/mol. The Morgan fingerprint density at radius 1 is 1.03 bits per heavy atom. The highest BCUT2D eigenvalue weighted by Crippen LogP contribution is 2.12. The molecule has 0 aliphatic carbocycles. The van der Waals surface area contributed by atoms with Gasteiger partial charge in [0.2, 0.25) is 23.6 Å². The number of carbonyl (C=O) groups excluding carboxylic acids is 4. The molecule has 0 spiro atoms. The van der Waals surface area contributed by atoms with Crippen LogP contribution in [-0.4, -0.2) is 65.4 Å². The molecule has 5 unspecified atom stereocenters. The van der Waals surface area contributed by atoms with E-state index in [1.807, 2.05) is 13.8 Å². The van der Waals surface area contributed by atoms with E-state index in [1.165, 1.54) is 0 Å². The summed E-state index contributed by atoms with van der Waals surface area (Å²) in [6.45, 7) is 7.83. The van der Waals surface area contributed by atoms with Crippen LogP contribution in [0.15, 0.2) is 0 Å². The van der Waals surface area contributed by atoms with Crippen LogP contribution in [0.5, 0.6) is 0 Å². The Morgan fingerprint density at radius 3 is 2.10 bits per heavy atom. The zero-order chi connectivity index (χ0) is 23.7. The van der Waals surface area contributed by atoms with Gasteiger partial charge in [-0.3, -0.25) is 19.2 Å². The van der Waals surface area contributed by atoms with E-state index in [-0.39, 0.29) is 23.8 Å². The molecule has 1 heterocycles. The number of amides is 4. The van der Waals surface area contributed by atoms with Crippen molar-refractivity contribution in [1.29, 1.82) is 0 Å². The number of rotatable bonds is 12. The summed E-state index contributed by atoms with van der Waals surface area (Å²) in [5.74, 6) is -4.40. The van der Waals surface area contributed by atoms with Gasteiger partial charge in [-0.15, -0.1) is 0 Å². The molecule has 0 saturated carbocycles. The predicted octanol–water partition coefficient (Wildman–Crippen LogP) is -1.15. The molecular formula is C20H35N5O6. The van der Waals surface area contributed by atoms with Gasteiger partial charge in [0.15, 0.2) is 0 Å². The third-order valence-corrected chi connectivity index (χ3v) is 5.44. The Balaban J connectivity index is 2.91. The van der Waals surface area contributed by atoms with Crippen LogP contribution in [0.3, 0.4) is 0 Å². The smallest absolute Gasteiger partial charge is 0.326 e. The summed E-state index contributed by atoms with van der Waals surface area (Å²) in [6.07, 6.45) is 1.62. The topological polar surface area (TPSA) is 180 Å². The molecular weight excluding hydrogens is 406 g/mol. The fourth-order valence-electron chi connectivity index (χ4n) is 3.30. The third kappa shape index (κ3) is 8.16. The maximum atomic E-state index is 13.0. The first kappa shape index (κ1) is 26.3. The van der Waals surface area contributed by atoms with Gasteiger partial charge in [0.25, 0.3) is 0 Å². The van der Waals surface area contributed by atoms with Crippen LogP contribution < -0.4 is 27.0 Å². The first-order chi connectivity index (χ1) is 14.5.